The van der Waals surface area contributed by atoms with Crippen LogP contribution in [0.3, 0.4) is 0 Å². The van der Waals surface area contributed by atoms with Gasteiger partial charge in [0, 0.05) is 39.1 Å². The van der Waals surface area contributed by atoms with E-state index in [1.165, 1.54) is 11.1 Å². The standard InChI is InChI=1S/C16H22N2O4/c19-14-9-17(4-5-18(10-14)11-16(20)21)8-12-1-2-15-13(7-12)3-6-22-15/h1-2,7,14,19H,3-6,8-11H2,(H,20,21). The Morgan fingerprint density at radius 2 is 2.05 bits per heavy atom. The van der Waals surface area contributed by atoms with Crippen LogP contribution in [0.4, 0.5) is 0 Å². The normalized spacial score (nSPS) is 22.9. The predicted octanol–water partition coefficient (Wildman–Crippen LogP) is 0.185. The highest BCUT2D eigenvalue weighted by Gasteiger charge is 2.23. The highest BCUT2D eigenvalue weighted by molar-refractivity contribution is 5.69. The third kappa shape index (κ3) is 3.76. The number of ether oxygens (including phenoxy) is 1. The van der Waals surface area contributed by atoms with Crippen LogP contribution in [0.15, 0.2) is 18.2 Å². The van der Waals surface area contributed by atoms with Crippen LogP contribution in [-0.2, 0) is 17.8 Å². The highest BCUT2D eigenvalue weighted by atomic mass is 16.5. The molecule has 6 nitrogen and oxygen atoms in total. The molecule has 22 heavy (non-hydrogen) atoms. The fraction of sp³-hybridized carbons (Fsp3) is 0.562. The molecule has 2 N–H and O–H groups in total. The topological polar surface area (TPSA) is 73.2 Å². The molecule has 0 radical (unpaired) electrons. The number of hydrogen-bond donors (Lipinski definition) is 2. The zero-order valence-electron chi connectivity index (χ0n) is 12.6. The number of aliphatic hydroxyl groups is 1. The van der Waals surface area contributed by atoms with Crippen LogP contribution >= 0.6 is 0 Å². The molecule has 1 aromatic rings. The minimum absolute atomic E-state index is 0.0128. The number of fused-ring (bicyclic) bond motifs is 1. The summed E-state index contributed by atoms with van der Waals surface area (Å²) in [6.07, 6.45) is 0.442. The van der Waals surface area contributed by atoms with Gasteiger partial charge in [0.1, 0.15) is 5.75 Å². The summed E-state index contributed by atoms with van der Waals surface area (Å²) < 4.78 is 5.52. The molecule has 0 spiro atoms. The van der Waals surface area contributed by atoms with Gasteiger partial charge < -0.3 is 14.9 Å². The second-order valence-corrected chi connectivity index (χ2v) is 6.06. The lowest BCUT2D eigenvalue weighted by Gasteiger charge is -2.21. The fourth-order valence-corrected chi connectivity index (χ4v) is 3.19. The van der Waals surface area contributed by atoms with E-state index in [1.54, 1.807) is 4.90 Å². The van der Waals surface area contributed by atoms with Crippen LogP contribution in [0.5, 0.6) is 5.75 Å². The Labute approximate surface area is 129 Å². The van der Waals surface area contributed by atoms with E-state index < -0.39 is 12.1 Å². The van der Waals surface area contributed by atoms with E-state index in [0.717, 1.165) is 31.9 Å². The molecule has 2 aliphatic rings. The third-order valence-corrected chi connectivity index (χ3v) is 4.19. The van der Waals surface area contributed by atoms with Crippen LogP contribution in [0, 0.1) is 0 Å². The quantitative estimate of drug-likeness (QED) is 0.827. The van der Waals surface area contributed by atoms with Crippen molar-refractivity contribution in [2.24, 2.45) is 0 Å². The predicted molar refractivity (Wildman–Crippen MR) is 81.0 cm³/mol. The Hall–Kier alpha value is -1.63. The molecule has 0 amide bonds. The molecule has 0 bridgehead atoms. The van der Waals surface area contributed by atoms with Gasteiger partial charge in [0.05, 0.1) is 19.3 Å². The molecule has 0 saturated carbocycles. The number of rotatable bonds is 4. The number of β-amino-alcohol motifs (C(OH)–C–C–N with tert-alkyl or cyclic N) is 1. The van der Waals surface area contributed by atoms with Crippen molar-refractivity contribution in [1.82, 2.24) is 9.80 Å². The van der Waals surface area contributed by atoms with E-state index in [9.17, 15) is 9.90 Å². The summed E-state index contributed by atoms with van der Waals surface area (Å²) in [5.41, 5.74) is 2.46. The summed E-state index contributed by atoms with van der Waals surface area (Å²) in [5.74, 6) is 0.131. The molecular weight excluding hydrogens is 284 g/mol. The molecule has 1 aromatic carbocycles. The molecule has 120 valence electrons. The van der Waals surface area contributed by atoms with Crippen molar-refractivity contribution in [1.29, 1.82) is 0 Å². The van der Waals surface area contributed by atoms with E-state index in [4.69, 9.17) is 9.84 Å². The average molecular weight is 306 g/mol. The van der Waals surface area contributed by atoms with Gasteiger partial charge in [0.2, 0.25) is 0 Å². The van der Waals surface area contributed by atoms with Crippen LogP contribution in [0.2, 0.25) is 0 Å². The zero-order valence-corrected chi connectivity index (χ0v) is 12.6. The third-order valence-electron chi connectivity index (χ3n) is 4.19. The molecular formula is C16H22N2O4. The van der Waals surface area contributed by atoms with Crippen molar-refractivity contribution in [3.8, 4) is 5.75 Å². The summed E-state index contributed by atoms with van der Waals surface area (Å²) in [5, 5.41) is 19.0. The van der Waals surface area contributed by atoms with Gasteiger partial charge in [-0.2, -0.15) is 0 Å². The number of carboxylic acid groups (broad SMARTS) is 1. The Kier molecular flexibility index (Phi) is 4.61. The molecule has 0 aliphatic carbocycles. The Morgan fingerprint density at radius 3 is 2.86 bits per heavy atom. The molecule has 2 aliphatic heterocycles. The van der Waals surface area contributed by atoms with Crippen molar-refractivity contribution in [2.75, 3.05) is 39.3 Å². The van der Waals surface area contributed by atoms with E-state index in [1.807, 2.05) is 6.07 Å². The van der Waals surface area contributed by atoms with Gasteiger partial charge in [-0.3, -0.25) is 14.6 Å². The van der Waals surface area contributed by atoms with Crippen molar-refractivity contribution >= 4 is 5.97 Å². The molecule has 1 fully saturated rings. The van der Waals surface area contributed by atoms with Gasteiger partial charge in [-0.05, 0) is 17.2 Å². The summed E-state index contributed by atoms with van der Waals surface area (Å²) >= 11 is 0. The first-order valence-corrected chi connectivity index (χ1v) is 7.69. The number of aliphatic carboxylic acids is 1. The summed E-state index contributed by atoms with van der Waals surface area (Å²) in [7, 11) is 0. The summed E-state index contributed by atoms with van der Waals surface area (Å²) in [4.78, 5) is 14.8. The van der Waals surface area contributed by atoms with Gasteiger partial charge in [0.15, 0.2) is 0 Å². The number of aliphatic hydroxyl groups excluding tert-OH is 1. The maximum atomic E-state index is 10.8. The van der Waals surface area contributed by atoms with Crippen LogP contribution in [0.1, 0.15) is 11.1 Å². The van der Waals surface area contributed by atoms with Gasteiger partial charge in [0.25, 0.3) is 0 Å². The fourth-order valence-electron chi connectivity index (χ4n) is 3.19. The van der Waals surface area contributed by atoms with Crippen LogP contribution in [0.25, 0.3) is 0 Å². The monoisotopic (exact) mass is 306 g/mol. The SMILES string of the molecule is O=C(O)CN1CCN(Cc2ccc3c(c2)CCO3)CC(O)C1. The Morgan fingerprint density at radius 1 is 1.27 bits per heavy atom. The summed E-state index contributed by atoms with van der Waals surface area (Å²) in [6, 6.07) is 6.26. The van der Waals surface area contributed by atoms with Crippen LogP contribution in [-0.4, -0.2) is 71.4 Å². The van der Waals surface area contributed by atoms with E-state index in [0.29, 0.717) is 19.6 Å². The van der Waals surface area contributed by atoms with Gasteiger partial charge >= 0.3 is 5.97 Å². The lowest BCUT2D eigenvalue weighted by molar-refractivity contribution is -0.138. The average Bonchev–Trinajstić information content (AvgIpc) is 2.84. The first kappa shape index (κ1) is 15.3. The lowest BCUT2D eigenvalue weighted by atomic mass is 10.1. The highest BCUT2D eigenvalue weighted by Crippen LogP contribution is 2.26. The van der Waals surface area contributed by atoms with Gasteiger partial charge in [-0.25, -0.2) is 0 Å². The lowest BCUT2D eigenvalue weighted by Crippen LogP contribution is -2.36. The Bertz CT molecular complexity index is 549. The molecule has 6 heteroatoms. The largest absolute Gasteiger partial charge is 0.493 e. The molecule has 2 heterocycles. The number of carboxylic acids is 1. The van der Waals surface area contributed by atoms with Crippen molar-refractivity contribution in [3.63, 3.8) is 0 Å². The van der Waals surface area contributed by atoms with Crippen molar-refractivity contribution in [3.05, 3.63) is 29.3 Å². The van der Waals surface area contributed by atoms with E-state index in [2.05, 4.69) is 17.0 Å². The van der Waals surface area contributed by atoms with E-state index in [-0.39, 0.29) is 6.54 Å². The first-order chi connectivity index (χ1) is 10.6. The number of nitrogens with zero attached hydrogens (tertiary/aromatic N) is 2. The number of carbonyl (C=O) groups is 1. The zero-order chi connectivity index (χ0) is 15.5. The van der Waals surface area contributed by atoms with E-state index >= 15 is 0 Å². The molecule has 0 aromatic heterocycles. The molecule has 3 rings (SSSR count). The maximum absolute atomic E-state index is 10.8. The first-order valence-electron chi connectivity index (χ1n) is 7.69. The van der Waals surface area contributed by atoms with Crippen molar-refractivity contribution in [2.45, 2.75) is 19.1 Å². The number of hydrogen-bond acceptors (Lipinski definition) is 5. The van der Waals surface area contributed by atoms with Gasteiger partial charge in [-0.15, -0.1) is 0 Å². The maximum Gasteiger partial charge on any atom is 0.317 e. The smallest absolute Gasteiger partial charge is 0.317 e. The van der Waals surface area contributed by atoms with Crippen LogP contribution < -0.4 is 4.74 Å². The van der Waals surface area contributed by atoms with Gasteiger partial charge in [-0.1, -0.05) is 12.1 Å². The minimum Gasteiger partial charge on any atom is -0.493 e. The van der Waals surface area contributed by atoms with Crippen molar-refractivity contribution < 1.29 is 19.7 Å². The second kappa shape index (κ2) is 6.64. The summed E-state index contributed by atoms with van der Waals surface area (Å²) in [6.45, 7) is 3.93. The number of benzene rings is 1. The Balaban J connectivity index is 1.61. The molecule has 1 atom stereocenters. The second-order valence-electron chi connectivity index (χ2n) is 6.06. The molecule has 1 saturated heterocycles. The minimum atomic E-state index is -0.848. The molecule has 1 unspecified atom stereocenters.